The van der Waals surface area contributed by atoms with Crippen LogP contribution in [-0.4, -0.2) is 26.8 Å². The van der Waals surface area contributed by atoms with Gasteiger partial charge in [-0.15, -0.1) is 0 Å². The van der Waals surface area contributed by atoms with Gasteiger partial charge in [0.1, 0.15) is 0 Å². The molecular weight excluding hydrogens is 212 g/mol. The second-order valence-corrected chi connectivity index (χ2v) is 4.62. The number of ether oxygens (including phenoxy) is 1. The highest BCUT2D eigenvalue weighted by molar-refractivity contribution is 5.49. The highest BCUT2D eigenvalue weighted by Crippen LogP contribution is 2.19. The van der Waals surface area contributed by atoms with Crippen molar-refractivity contribution < 1.29 is 4.74 Å². The van der Waals surface area contributed by atoms with Crippen LogP contribution >= 0.6 is 0 Å². The van der Waals surface area contributed by atoms with Crippen LogP contribution in [0.4, 0.5) is 5.69 Å². The topological polar surface area (TPSA) is 36.3 Å². The molecule has 1 aliphatic heterocycles. The van der Waals surface area contributed by atoms with Gasteiger partial charge in [-0.25, -0.2) is 0 Å². The highest BCUT2D eigenvalue weighted by Gasteiger charge is 2.15. The first-order valence-corrected chi connectivity index (χ1v) is 6.08. The summed E-state index contributed by atoms with van der Waals surface area (Å²) in [5.74, 6) is 0.629. The second kappa shape index (κ2) is 5.70. The number of hydrogen-bond acceptors (Lipinski definition) is 3. The summed E-state index contributed by atoms with van der Waals surface area (Å²) in [7, 11) is 2.09. The lowest BCUT2D eigenvalue weighted by atomic mass is 10.0. The molecule has 0 amide bonds. The van der Waals surface area contributed by atoms with Crippen molar-refractivity contribution in [3.8, 4) is 6.07 Å². The minimum absolute atomic E-state index is 0.629. The minimum atomic E-state index is 0.629. The Morgan fingerprint density at radius 1 is 1.41 bits per heavy atom. The molecule has 0 N–H and O–H groups in total. The predicted octanol–water partition coefficient (Wildman–Crippen LogP) is 2.42. The molecule has 0 radical (unpaired) electrons. The van der Waals surface area contributed by atoms with Crippen LogP contribution in [0, 0.1) is 17.2 Å². The first kappa shape index (κ1) is 11.9. The van der Waals surface area contributed by atoms with E-state index in [2.05, 4.69) is 18.0 Å². The van der Waals surface area contributed by atoms with Gasteiger partial charge in [0.05, 0.1) is 18.2 Å². The van der Waals surface area contributed by atoms with Crippen LogP contribution in [0.2, 0.25) is 0 Å². The largest absolute Gasteiger partial charge is 0.381 e. The standard InChI is InChI=1S/C14H18N2O/c1-16(10-13-3-2-8-17-11-13)14-6-4-12(9-15)5-7-14/h4-7,13H,2-3,8,10-11H2,1H3/t13-/m1/s1. The van der Waals surface area contributed by atoms with Crippen molar-refractivity contribution in [1.29, 1.82) is 5.26 Å². The number of anilines is 1. The Labute approximate surface area is 103 Å². The maximum Gasteiger partial charge on any atom is 0.0991 e. The number of rotatable bonds is 3. The van der Waals surface area contributed by atoms with Crippen molar-refractivity contribution in [3.05, 3.63) is 29.8 Å². The van der Waals surface area contributed by atoms with Crippen molar-refractivity contribution in [2.45, 2.75) is 12.8 Å². The SMILES string of the molecule is CN(C[C@H]1CCCOC1)c1ccc(C#N)cc1. The molecule has 1 heterocycles. The van der Waals surface area contributed by atoms with E-state index in [9.17, 15) is 0 Å². The van der Waals surface area contributed by atoms with E-state index in [-0.39, 0.29) is 0 Å². The molecule has 1 aliphatic rings. The van der Waals surface area contributed by atoms with Gasteiger partial charge in [-0.05, 0) is 43.0 Å². The Balaban J connectivity index is 1.94. The highest BCUT2D eigenvalue weighted by atomic mass is 16.5. The van der Waals surface area contributed by atoms with E-state index >= 15 is 0 Å². The molecule has 1 saturated heterocycles. The molecule has 2 rings (SSSR count). The Kier molecular flexibility index (Phi) is 4.00. The monoisotopic (exact) mass is 230 g/mol. The zero-order chi connectivity index (χ0) is 12.1. The van der Waals surface area contributed by atoms with Gasteiger partial charge in [-0.3, -0.25) is 0 Å². The molecule has 1 atom stereocenters. The molecule has 1 fully saturated rings. The van der Waals surface area contributed by atoms with E-state index in [0.29, 0.717) is 11.5 Å². The number of hydrogen-bond donors (Lipinski definition) is 0. The van der Waals surface area contributed by atoms with Crippen molar-refractivity contribution in [3.63, 3.8) is 0 Å². The van der Waals surface area contributed by atoms with Crippen LogP contribution in [0.3, 0.4) is 0 Å². The number of benzene rings is 1. The van der Waals surface area contributed by atoms with Crippen molar-refractivity contribution in [1.82, 2.24) is 0 Å². The lowest BCUT2D eigenvalue weighted by molar-refractivity contribution is 0.0576. The lowest BCUT2D eigenvalue weighted by Crippen LogP contribution is -2.30. The average Bonchev–Trinajstić information content (AvgIpc) is 2.40. The van der Waals surface area contributed by atoms with Gasteiger partial charge in [0.2, 0.25) is 0 Å². The van der Waals surface area contributed by atoms with Gasteiger partial charge in [0.25, 0.3) is 0 Å². The van der Waals surface area contributed by atoms with Crippen LogP contribution in [0.25, 0.3) is 0 Å². The van der Waals surface area contributed by atoms with E-state index in [1.54, 1.807) is 0 Å². The molecule has 1 aromatic rings. The Bertz CT molecular complexity index is 388. The molecule has 90 valence electrons. The second-order valence-electron chi connectivity index (χ2n) is 4.62. The maximum atomic E-state index is 8.75. The number of nitrogens with zero attached hydrogens (tertiary/aromatic N) is 2. The van der Waals surface area contributed by atoms with E-state index < -0.39 is 0 Å². The van der Waals surface area contributed by atoms with Gasteiger partial charge in [0, 0.05) is 25.9 Å². The molecule has 3 nitrogen and oxygen atoms in total. The van der Waals surface area contributed by atoms with Gasteiger partial charge in [0.15, 0.2) is 0 Å². The van der Waals surface area contributed by atoms with Gasteiger partial charge in [-0.1, -0.05) is 0 Å². The fourth-order valence-electron chi connectivity index (χ4n) is 2.23. The lowest BCUT2D eigenvalue weighted by Gasteiger charge is -2.28. The van der Waals surface area contributed by atoms with Crippen LogP contribution in [0.1, 0.15) is 18.4 Å². The Hall–Kier alpha value is -1.53. The molecular formula is C14H18N2O. The summed E-state index contributed by atoms with van der Waals surface area (Å²) in [6.45, 7) is 2.81. The van der Waals surface area contributed by atoms with E-state index in [1.807, 2.05) is 24.3 Å². The quantitative estimate of drug-likeness (QED) is 0.800. The molecule has 1 aromatic carbocycles. The summed E-state index contributed by atoms with van der Waals surface area (Å²) >= 11 is 0. The van der Waals surface area contributed by atoms with E-state index in [4.69, 9.17) is 10.00 Å². The predicted molar refractivity (Wildman–Crippen MR) is 68.0 cm³/mol. The molecule has 17 heavy (non-hydrogen) atoms. The fourth-order valence-corrected chi connectivity index (χ4v) is 2.23. The van der Waals surface area contributed by atoms with Gasteiger partial charge >= 0.3 is 0 Å². The summed E-state index contributed by atoms with van der Waals surface area (Å²) < 4.78 is 5.49. The van der Waals surface area contributed by atoms with E-state index in [0.717, 1.165) is 25.4 Å². The summed E-state index contributed by atoms with van der Waals surface area (Å²) in [5, 5.41) is 8.75. The first-order chi connectivity index (χ1) is 8.29. The molecule has 0 aliphatic carbocycles. The third kappa shape index (κ3) is 3.21. The molecule has 0 unspecified atom stereocenters. The molecule has 0 saturated carbocycles. The van der Waals surface area contributed by atoms with Crippen molar-refractivity contribution in [2.75, 3.05) is 31.7 Å². The molecule has 0 spiro atoms. The maximum absolute atomic E-state index is 8.75. The third-order valence-electron chi connectivity index (χ3n) is 3.22. The van der Waals surface area contributed by atoms with E-state index in [1.165, 1.54) is 12.8 Å². The normalized spacial score (nSPS) is 19.6. The fraction of sp³-hybridized carbons (Fsp3) is 0.500. The van der Waals surface area contributed by atoms with Crippen LogP contribution in [0.15, 0.2) is 24.3 Å². The van der Waals surface area contributed by atoms with Gasteiger partial charge < -0.3 is 9.64 Å². The van der Waals surface area contributed by atoms with Crippen LogP contribution in [0.5, 0.6) is 0 Å². The Morgan fingerprint density at radius 3 is 2.76 bits per heavy atom. The smallest absolute Gasteiger partial charge is 0.0991 e. The molecule has 0 bridgehead atoms. The zero-order valence-electron chi connectivity index (χ0n) is 10.2. The summed E-state index contributed by atoms with van der Waals surface area (Å²) in [4.78, 5) is 2.24. The number of nitriles is 1. The third-order valence-corrected chi connectivity index (χ3v) is 3.22. The average molecular weight is 230 g/mol. The summed E-state index contributed by atoms with van der Waals surface area (Å²) in [6, 6.07) is 9.87. The molecule has 3 heteroatoms. The summed E-state index contributed by atoms with van der Waals surface area (Å²) in [5.41, 5.74) is 1.87. The zero-order valence-corrected chi connectivity index (χ0v) is 10.2. The van der Waals surface area contributed by atoms with Crippen molar-refractivity contribution >= 4 is 5.69 Å². The molecule has 0 aromatic heterocycles. The van der Waals surface area contributed by atoms with Crippen molar-refractivity contribution in [2.24, 2.45) is 5.92 Å². The Morgan fingerprint density at radius 2 is 2.18 bits per heavy atom. The van der Waals surface area contributed by atoms with Gasteiger partial charge in [-0.2, -0.15) is 5.26 Å². The van der Waals surface area contributed by atoms with Crippen LogP contribution in [-0.2, 0) is 4.74 Å². The van der Waals surface area contributed by atoms with Crippen LogP contribution < -0.4 is 4.90 Å². The minimum Gasteiger partial charge on any atom is -0.381 e. The summed E-state index contributed by atoms with van der Waals surface area (Å²) in [6.07, 6.45) is 2.42. The first-order valence-electron chi connectivity index (χ1n) is 6.08.